The van der Waals surface area contributed by atoms with E-state index in [1.807, 2.05) is 58.3 Å². The van der Waals surface area contributed by atoms with Crippen molar-refractivity contribution in [2.75, 3.05) is 18.4 Å². The lowest BCUT2D eigenvalue weighted by molar-refractivity contribution is -0.132. The molecule has 0 bridgehead atoms. The number of hydrogen-bond acceptors (Lipinski definition) is 2. The normalized spacial score (nSPS) is 13.6. The van der Waals surface area contributed by atoms with Crippen molar-refractivity contribution in [3.63, 3.8) is 0 Å². The van der Waals surface area contributed by atoms with Gasteiger partial charge in [0.1, 0.15) is 0 Å². The Morgan fingerprint density at radius 1 is 0.811 bits per heavy atom. The summed E-state index contributed by atoms with van der Waals surface area (Å²) >= 11 is 6.12. The van der Waals surface area contributed by atoms with E-state index in [1.54, 1.807) is 12.1 Å². The number of nitrogens with one attached hydrogen (secondary N) is 1. The molecule has 4 rings (SSSR count). The van der Waals surface area contributed by atoms with Crippen molar-refractivity contribution in [3.8, 4) is 0 Å². The van der Waals surface area contributed by atoms with Crippen LogP contribution >= 0.6 is 11.6 Å². The highest BCUT2D eigenvalue weighted by Crippen LogP contribution is 2.24. The van der Waals surface area contributed by atoms with E-state index in [2.05, 4.69) is 29.6 Å². The molecule has 3 aromatic rings. The van der Waals surface area contributed by atoms with Crippen molar-refractivity contribution in [3.05, 3.63) is 101 Å². The van der Waals surface area contributed by atoms with Gasteiger partial charge >= 0.3 is 6.03 Å². The van der Waals surface area contributed by atoms with E-state index in [1.165, 1.54) is 12.0 Å². The van der Waals surface area contributed by atoms with E-state index in [4.69, 9.17) is 11.6 Å². The topological polar surface area (TPSA) is 52.7 Å². The molecular formula is C31H36ClN3O2. The Balaban J connectivity index is 1.44. The van der Waals surface area contributed by atoms with Gasteiger partial charge in [0.2, 0.25) is 5.91 Å². The Bertz CT molecular complexity index is 1130. The maximum absolute atomic E-state index is 13.5. The summed E-state index contributed by atoms with van der Waals surface area (Å²) in [6, 6.07) is 27.5. The first-order chi connectivity index (χ1) is 18.1. The molecule has 0 aromatic heterocycles. The van der Waals surface area contributed by atoms with Crippen molar-refractivity contribution in [2.45, 2.75) is 57.5 Å². The van der Waals surface area contributed by atoms with Gasteiger partial charge in [-0.15, -0.1) is 0 Å². The number of halogens is 1. The smallest absolute Gasteiger partial charge is 0.322 e. The third-order valence-electron chi connectivity index (χ3n) is 7.00. The van der Waals surface area contributed by atoms with Gasteiger partial charge < -0.3 is 15.1 Å². The van der Waals surface area contributed by atoms with Gasteiger partial charge in [0, 0.05) is 42.8 Å². The van der Waals surface area contributed by atoms with E-state index in [-0.39, 0.29) is 18.0 Å². The second kappa shape index (κ2) is 13.8. The van der Waals surface area contributed by atoms with Crippen LogP contribution in [0.15, 0.2) is 84.9 Å². The van der Waals surface area contributed by atoms with Crippen LogP contribution in [0, 0.1) is 0 Å². The Morgan fingerprint density at radius 2 is 1.49 bits per heavy atom. The van der Waals surface area contributed by atoms with E-state index < -0.39 is 0 Å². The Kier molecular flexibility index (Phi) is 10.0. The molecule has 1 fully saturated rings. The van der Waals surface area contributed by atoms with E-state index >= 15 is 0 Å². The third kappa shape index (κ3) is 8.36. The average molecular weight is 518 g/mol. The summed E-state index contributed by atoms with van der Waals surface area (Å²) < 4.78 is 0. The maximum atomic E-state index is 13.5. The molecule has 194 valence electrons. The van der Waals surface area contributed by atoms with Crippen molar-refractivity contribution in [1.82, 2.24) is 9.80 Å². The third-order valence-corrected chi connectivity index (χ3v) is 7.24. The fourth-order valence-electron chi connectivity index (χ4n) is 4.98. The summed E-state index contributed by atoms with van der Waals surface area (Å²) in [6.07, 6.45) is 6.44. The lowest BCUT2D eigenvalue weighted by Crippen LogP contribution is -2.46. The maximum Gasteiger partial charge on any atom is 0.322 e. The van der Waals surface area contributed by atoms with Gasteiger partial charge in [0.05, 0.1) is 0 Å². The predicted octanol–water partition coefficient (Wildman–Crippen LogP) is 7.17. The van der Waals surface area contributed by atoms with Crippen LogP contribution in [0.4, 0.5) is 10.5 Å². The Hall–Kier alpha value is -3.31. The molecular weight excluding hydrogens is 482 g/mol. The molecule has 0 heterocycles. The molecule has 3 amide bonds. The number of benzene rings is 3. The summed E-state index contributed by atoms with van der Waals surface area (Å²) in [5.74, 6) is 0.0659. The number of urea groups is 1. The molecule has 1 N–H and O–H groups in total. The van der Waals surface area contributed by atoms with E-state index in [0.717, 1.165) is 37.7 Å². The van der Waals surface area contributed by atoms with Gasteiger partial charge in [0.25, 0.3) is 0 Å². The first-order valence-electron chi connectivity index (χ1n) is 13.3. The van der Waals surface area contributed by atoms with Gasteiger partial charge in [-0.05, 0) is 48.6 Å². The van der Waals surface area contributed by atoms with Gasteiger partial charge in [-0.1, -0.05) is 97.6 Å². The summed E-state index contributed by atoms with van der Waals surface area (Å²) in [6.45, 7) is 1.59. The second-order valence-electron chi connectivity index (χ2n) is 9.71. The van der Waals surface area contributed by atoms with Crippen molar-refractivity contribution >= 4 is 29.2 Å². The largest absolute Gasteiger partial charge is 0.338 e. The lowest BCUT2D eigenvalue weighted by atomic mass is 9.94. The van der Waals surface area contributed by atoms with Crippen LogP contribution in [-0.2, 0) is 17.8 Å². The van der Waals surface area contributed by atoms with Gasteiger partial charge in [0.15, 0.2) is 0 Å². The first kappa shape index (κ1) is 26.7. The highest BCUT2D eigenvalue weighted by atomic mass is 35.5. The molecule has 0 aliphatic heterocycles. The zero-order valence-corrected chi connectivity index (χ0v) is 22.1. The molecule has 1 saturated carbocycles. The molecule has 0 saturated heterocycles. The number of carbonyl (C=O) groups is 2. The number of nitrogens with zero attached hydrogens (tertiary/aromatic N) is 2. The summed E-state index contributed by atoms with van der Waals surface area (Å²) in [7, 11) is 0. The minimum atomic E-state index is -0.166. The van der Waals surface area contributed by atoms with Gasteiger partial charge in [-0.25, -0.2) is 4.79 Å². The molecule has 1 aliphatic rings. The van der Waals surface area contributed by atoms with Gasteiger partial charge in [-0.3, -0.25) is 4.79 Å². The van der Waals surface area contributed by atoms with Crippen LogP contribution in [0.25, 0.3) is 0 Å². The number of rotatable bonds is 10. The molecule has 3 aromatic carbocycles. The second-order valence-corrected chi connectivity index (χ2v) is 10.1. The van der Waals surface area contributed by atoms with Crippen molar-refractivity contribution in [1.29, 1.82) is 0 Å². The fraction of sp³-hybridized carbons (Fsp3) is 0.355. The number of hydrogen-bond donors (Lipinski definition) is 1. The predicted molar refractivity (Wildman–Crippen MR) is 151 cm³/mol. The minimum Gasteiger partial charge on any atom is -0.338 e. The first-order valence-corrected chi connectivity index (χ1v) is 13.6. The van der Waals surface area contributed by atoms with Crippen molar-refractivity contribution in [2.24, 2.45) is 0 Å². The zero-order chi connectivity index (χ0) is 25.9. The van der Waals surface area contributed by atoms with E-state index in [0.29, 0.717) is 36.8 Å². The van der Waals surface area contributed by atoms with Crippen LogP contribution in [-0.4, -0.2) is 40.9 Å². The molecule has 1 aliphatic carbocycles. The number of amides is 3. The van der Waals surface area contributed by atoms with E-state index in [9.17, 15) is 9.59 Å². The van der Waals surface area contributed by atoms with Gasteiger partial charge in [-0.2, -0.15) is 0 Å². The average Bonchev–Trinajstić information content (AvgIpc) is 2.93. The molecule has 0 unspecified atom stereocenters. The van der Waals surface area contributed by atoms with Crippen LogP contribution in [0.2, 0.25) is 5.02 Å². The van der Waals surface area contributed by atoms with Crippen LogP contribution in [0.1, 0.15) is 49.7 Å². The molecule has 5 nitrogen and oxygen atoms in total. The van der Waals surface area contributed by atoms with Crippen LogP contribution < -0.4 is 5.32 Å². The van der Waals surface area contributed by atoms with Crippen molar-refractivity contribution < 1.29 is 9.59 Å². The SMILES string of the molecule is O=C(CCN(C(=O)Nc1cccc(Cl)c1)C1CCCCC1)N(CCc1ccccc1)Cc1ccccc1. The number of carbonyl (C=O) groups excluding carboxylic acids is 2. The number of anilines is 1. The Labute approximate surface area is 225 Å². The fourth-order valence-corrected chi connectivity index (χ4v) is 5.17. The summed E-state index contributed by atoms with van der Waals surface area (Å²) in [4.78, 5) is 30.7. The summed E-state index contributed by atoms with van der Waals surface area (Å²) in [5, 5.41) is 3.57. The standard InChI is InChI=1S/C31H36ClN3O2/c32-27-15-10-16-28(23-27)33-31(37)35(29-17-8-3-9-18-29)22-20-30(36)34(24-26-13-6-2-7-14-26)21-19-25-11-4-1-5-12-25/h1-2,4-7,10-16,23,29H,3,8-9,17-22,24H2,(H,33,37). The molecule has 0 spiro atoms. The lowest BCUT2D eigenvalue weighted by Gasteiger charge is -2.35. The van der Waals surface area contributed by atoms with Crippen LogP contribution in [0.3, 0.4) is 0 Å². The Morgan fingerprint density at radius 3 is 2.16 bits per heavy atom. The zero-order valence-electron chi connectivity index (χ0n) is 21.3. The monoisotopic (exact) mass is 517 g/mol. The molecule has 6 heteroatoms. The molecule has 0 atom stereocenters. The molecule has 37 heavy (non-hydrogen) atoms. The molecule has 0 radical (unpaired) electrons. The highest BCUT2D eigenvalue weighted by molar-refractivity contribution is 6.30. The summed E-state index contributed by atoms with van der Waals surface area (Å²) in [5.41, 5.74) is 2.98. The van der Waals surface area contributed by atoms with Crippen LogP contribution in [0.5, 0.6) is 0 Å². The quantitative estimate of drug-likeness (QED) is 0.310. The highest BCUT2D eigenvalue weighted by Gasteiger charge is 2.27. The minimum absolute atomic E-state index is 0.0659.